The van der Waals surface area contributed by atoms with Gasteiger partial charge in [-0.15, -0.1) is 0 Å². The molecule has 20 heavy (non-hydrogen) atoms. The van der Waals surface area contributed by atoms with Crippen LogP contribution in [0.4, 0.5) is 5.95 Å². The molecule has 0 spiro atoms. The maximum atomic E-state index is 9.19. The van der Waals surface area contributed by atoms with Crippen molar-refractivity contribution in [3.05, 3.63) is 6.33 Å². The zero-order chi connectivity index (χ0) is 14.1. The molecule has 1 aliphatic carbocycles. The molecule has 0 unspecified atom stereocenters. The van der Waals surface area contributed by atoms with Gasteiger partial charge in [-0.3, -0.25) is 0 Å². The van der Waals surface area contributed by atoms with Crippen molar-refractivity contribution in [2.24, 2.45) is 5.92 Å². The highest BCUT2D eigenvalue weighted by molar-refractivity contribution is 5.77. The van der Waals surface area contributed by atoms with Crippen LogP contribution in [0.2, 0.25) is 0 Å². The molecule has 0 aliphatic heterocycles. The van der Waals surface area contributed by atoms with E-state index in [0.717, 1.165) is 25.7 Å². The van der Waals surface area contributed by atoms with Gasteiger partial charge in [0, 0.05) is 12.6 Å². The lowest BCUT2D eigenvalue weighted by molar-refractivity contribution is 0.236. The van der Waals surface area contributed by atoms with Gasteiger partial charge >= 0.3 is 0 Å². The van der Waals surface area contributed by atoms with Crippen LogP contribution in [0, 0.1) is 5.92 Å². The summed E-state index contributed by atoms with van der Waals surface area (Å²) in [5, 5.41) is 9.19. The van der Waals surface area contributed by atoms with Gasteiger partial charge < -0.3 is 20.1 Å². The van der Waals surface area contributed by atoms with Gasteiger partial charge in [0.25, 0.3) is 0 Å². The molecule has 1 fully saturated rings. The highest BCUT2D eigenvalue weighted by Crippen LogP contribution is 2.39. The largest absolute Gasteiger partial charge is 0.479 e. The Hall–Kier alpha value is -1.89. The van der Waals surface area contributed by atoms with Crippen molar-refractivity contribution in [3.63, 3.8) is 0 Å². The fourth-order valence-corrected chi connectivity index (χ4v) is 3.18. The van der Waals surface area contributed by atoms with E-state index in [-0.39, 0.29) is 12.6 Å². The number of nitrogen functional groups attached to an aromatic ring is 1. The maximum Gasteiger partial charge on any atom is 0.246 e. The monoisotopic (exact) mass is 277 g/mol. The SMILES string of the molecule is COc1nc(N)nc2c1ncn2[C@@H]1CCC[C@H]1CCO. The van der Waals surface area contributed by atoms with Crippen LogP contribution in [0.3, 0.4) is 0 Å². The fraction of sp³-hybridized carbons (Fsp3) is 0.615. The van der Waals surface area contributed by atoms with Crippen molar-refractivity contribution in [1.29, 1.82) is 0 Å². The van der Waals surface area contributed by atoms with Gasteiger partial charge in [0.15, 0.2) is 11.2 Å². The Morgan fingerprint density at radius 3 is 3.05 bits per heavy atom. The van der Waals surface area contributed by atoms with Crippen LogP contribution in [-0.4, -0.2) is 38.3 Å². The molecule has 7 nitrogen and oxygen atoms in total. The Kier molecular flexibility index (Phi) is 3.43. The van der Waals surface area contributed by atoms with Gasteiger partial charge in [0.05, 0.1) is 13.4 Å². The molecule has 0 aromatic carbocycles. The molecular formula is C13H19N5O2. The van der Waals surface area contributed by atoms with Crippen LogP contribution in [-0.2, 0) is 0 Å². The van der Waals surface area contributed by atoms with Gasteiger partial charge in [0.1, 0.15) is 0 Å². The van der Waals surface area contributed by atoms with E-state index in [4.69, 9.17) is 10.5 Å². The van der Waals surface area contributed by atoms with Gasteiger partial charge in [0.2, 0.25) is 11.8 Å². The van der Waals surface area contributed by atoms with Crippen LogP contribution in [0.5, 0.6) is 5.88 Å². The smallest absolute Gasteiger partial charge is 0.246 e. The van der Waals surface area contributed by atoms with Gasteiger partial charge in [-0.1, -0.05) is 6.42 Å². The summed E-state index contributed by atoms with van der Waals surface area (Å²) in [5.41, 5.74) is 7.08. The van der Waals surface area contributed by atoms with Crippen LogP contribution in [0.1, 0.15) is 31.7 Å². The molecule has 7 heteroatoms. The first kappa shape index (κ1) is 13.1. The van der Waals surface area contributed by atoms with Crippen molar-refractivity contribution in [1.82, 2.24) is 19.5 Å². The number of aromatic nitrogens is 4. The lowest BCUT2D eigenvalue weighted by Crippen LogP contribution is -2.15. The quantitative estimate of drug-likeness (QED) is 0.869. The summed E-state index contributed by atoms with van der Waals surface area (Å²) in [6.07, 6.45) is 5.95. The summed E-state index contributed by atoms with van der Waals surface area (Å²) in [4.78, 5) is 12.7. The minimum atomic E-state index is 0.188. The Morgan fingerprint density at radius 1 is 1.45 bits per heavy atom. The first-order chi connectivity index (χ1) is 9.74. The second kappa shape index (κ2) is 5.24. The Labute approximate surface area is 116 Å². The number of aliphatic hydroxyl groups excluding tert-OH is 1. The molecular weight excluding hydrogens is 258 g/mol. The zero-order valence-electron chi connectivity index (χ0n) is 11.5. The van der Waals surface area contributed by atoms with Crippen LogP contribution < -0.4 is 10.5 Å². The Morgan fingerprint density at radius 2 is 2.30 bits per heavy atom. The Balaban J connectivity index is 2.06. The maximum absolute atomic E-state index is 9.19. The van der Waals surface area contributed by atoms with Crippen LogP contribution >= 0.6 is 0 Å². The van der Waals surface area contributed by atoms with E-state index in [0.29, 0.717) is 29.0 Å². The predicted molar refractivity (Wildman–Crippen MR) is 74.4 cm³/mol. The van der Waals surface area contributed by atoms with Crippen LogP contribution in [0.15, 0.2) is 6.33 Å². The van der Waals surface area contributed by atoms with Crippen molar-refractivity contribution in [3.8, 4) is 5.88 Å². The first-order valence-electron chi connectivity index (χ1n) is 6.89. The zero-order valence-corrected chi connectivity index (χ0v) is 11.5. The van der Waals surface area contributed by atoms with Gasteiger partial charge in [-0.25, -0.2) is 4.98 Å². The van der Waals surface area contributed by atoms with E-state index in [1.54, 1.807) is 13.4 Å². The number of nitrogens with two attached hydrogens (primary N) is 1. The molecule has 3 N–H and O–H groups in total. The number of hydrogen-bond acceptors (Lipinski definition) is 6. The molecule has 0 saturated heterocycles. The average molecular weight is 277 g/mol. The van der Waals surface area contributed by atoms with E-state index in [2.05, 4.69) is 19.5 Å². The van der Waals surface area contributed by atoms with E-state index < -0.39 is 0 Å². The third-order valence-electron chi connectivity index (χ3n) is 4.08. The minimum Gasteiger partial charge on any atom is -0.479 e. The number of ether oxygens (including phenoxy) is 1. The predicted octanol–water partition coefficient (Wildman–Crippen LogP) is 1.14. The van der Waals surface area contributed by atoms with E-state index in [1.165, 1.54) is 0 Å². The van der Waals surface area contributed by atoms with Crippen molar-refractivity contribution in [2.45, 2.75) is 31.7 Å². The third-order valence-corrected chi connectivity index (χ3v) is 4.08. The normalized spacial score (nSPS) is 22.5. The minimum absolute atomic E-state index is 0.188. The number of hydrogen-bond donors (Lipinski definition) is 2. The number of methoxy groups -OCH3 is 1. The lowest BCUT2D eigenvalue weighted by atomic mass is 10.00. The molecule has 0 bridgehead atoms. The molecule has 0 radical (unpaired) electrons. The number of aliphatic hydroxyl groups is 1. The number of nitrogens with zero attached hydrogens (tertiary/aromatic N) is 4. The third kappa shape index (κ3) is 2.07. The number of fused-ring (bicyclic) bond motifs is 1. The summed E-state index contributed by atoms with van der Waals surface area (Å²) in [5.74, 6) is 1.05. The molecule has 0 amide bonds. The average Bonchev–Trinajstić information content (AvgIpc) is 3.04. The summed E-state index contributed by atoms with van der Waals surface area (Å²) >= 11 is 0. The topological polar surface area (TPSA) is 99.1 Å². The van der Waals surface area contributed by atoms with E-state index in [1.807, 2.05) is 0 Å². The van der Waals surface area contributed by atoms with Gasteiger partial charge in [-0.05, 0) is 25.2 Å². The fourth-order valence-electron chi connectivity index (χ4n) is 3.18. The molecule has 3 rings (SSSR count). The summed E-state index contributed by atoms with van der Waals surface area (Å²) in [6, 6.07) is 0.311. The molecule has 2 aromatic rings. The van der Waals surface area contributed by atoms with E-state index >= 15 is 0 Å². The first-order valence-corrected chi connectivity index (χ1v) is 6.89. The highest BCUT2D eigenvalue weighted by atomic mass is 16.5. The summed E-state index contributed by atoms with van der Waals surface area (Å²) in [7, 11) is 1.55. The second-order valence-corrected chi connectivity index (χ2v) is 5.19. The number of rotatable bonds is 4. The van der Waals surface area contributed by atoms with E-state index in [9.17, 15) is 5.11 Å². The van der Waals surface area contributed by atoms with Crippen molar-refractivity contribution >= 4 is 17.1 Å². The number of anilines is 1. The lowest BCUT2D eigenvalue weighted by Gasteiger charge is -2.20. The van der Waals surface area contributed by atoms with Crippen molar-refractivity contribution in [2.75, 3.05) is 19.5 Å². The standard InChI is InChI=1S/C13H19N5O2/c1-20-12-10-11(16-13(14)17-12)18(7-15-10)9-4-2-3-8(9)5-6-19/h7-9,19H,2-6H2,1H3,(H2,14,16,17)/t8-,9+/m0/s1. The molecule has 108 valence electrons. The van der Waals surface area contributed by atoms with Crippen LogP contribution in [0.25, 0.3) is 11.2 Å². The molecule has 2 heterocycles. The molecule has 1 saturated carbocycles. The molecule has 2 aromatic heterocycles. The number of imidazole rings is 1. The van der Waals surface area contributed by atoms with Gasteiger partial charge in [-0.2, -0.15) is 9.97 Å². The summed E-state index contributed by atoms with van der Waals surface area (Å²) < 4.78 is 7.27. The van der Waals surface area contributed by atoms with Crippen molar-refractivity contribution < 1.29 is 9.84 Å². The Bertz CT molecular complexity index is 612. The second-order valence-electron chi connectivity index (χ2n) is 5.19. The molecule has 2 atom stereocenters. The molecule has 1 aliphatic rings. The highest BCUT2D eigenvalue weighted by Gasteiger charge is 2.30. The summed E-state index contributed by atoms with van der Waals surface area (Å²) in [6.45, 7) is 0.217.